The van der Waals surface area contributed by atoms with Crippen LogP contribution in [0.3, 0.4) is 0 Å². The Bertz CT molecular complexity index is 317. The van der Waals surface area contributed by atoms with Gasteiger partial charge in [0, 0.05) is 5.33 Å². The van der Waals surface area contributed by atoms with Crippen molar-refractivity contribution in [3.63, 3.8) is 0 Å². The lowest BCUT2D eigenvalue weighted by atomic mass is 9.96. The summed E-state index contributed by atoms with van der Waals surface area (Å²) < 4.78 is 0. The molecule has 0 radical (unpaired) electrons. The summed E-state index contributed by atoms with van der Waals surface area (Å²) in [6.07, 6.45) is 4.04. The predicted molar refractivity (Wildman–Crippen MR) is 65.1 cm³/mol. The highest BCUT2D eigenvalue weighted by Crippen LogP contribution is 2.49. The van der Waals surface area contributed by atoms with Crippen LogP contribution in [0.1, 0.15) is 29.5 Å². The first-order valence-corrected chi connectivity index (χ1v) is 6.39. The Kier molecular flexibility index (Phi) is 2.70. The molecule has 0 heterocycles. The fourth-order valence-corrected chi connectivity index (χ4v) is 2.90. The Hall–Kier alpha value is -0.300. The van der Waals surface area contributed by atoms with Gasteiger partial charge in [-0.25, -0.2) is 0 Å². The van der Waals surface area contributed by atoms with Crippen molar-refractivity contribution in [1.29, 1.82) is 0 Å². The predicted octanol–water partition coefficient (Wildman–Crippen LogP) is 4.02. The highest BCUT2D eigenvalue weighted by Gasteiger charge is 2.41. The largest absolute Gasteiger partial charge is 0.0922 e. The number of hydrogen-bond acceptors (Lipinski definition) is 0. The van der Waals surface area contributed by atoms with E-state index >= 15 is 0 Å². The normalized spacial score (nSPS) is 18.2. The van der Waals surface area contributed by atoms with Gasteiger partial charge in [-0.05, 0) is 44.1 Å². The van der Waals surface area contributed by atoms with E-state index in [1.165, 1.54) is 36.0 Å². The molecule has 0 unspecified atom stereocenters. The summed E-state index contributed by atoms with van der Waals surface area (Å²) in [5.41, 5.74) is 4.90. The molecule has 0 saturated heterocycles. The van der Waals surface area contributed by atoms with Crippen molar-refractivity contribution in [2.24, 2.45) is 5.41 Å². The smallest absolute Gasteiger partial charge is 0.00911 e. The minimum absolute atomic E-state index is 0.597. The highest BCUT2D eigenvalue weighted by atomic mass is 79.9. The molecule has 0 nitrogen and oxygen atoms in total. The Labute approximate surface area is 94.8 Å². The van der Waals surface area contributed by atoms with Crippen molar-refractivity contribution in [2.45, 2.75) is 33.1 Å². The molecular formula is C13H17Br. The van der Waals surface area contributed by atoms with E-state index in [0.29, 0.717) is 5.41 Å². The zero-order valence-corrected chi connectivity index (χ0v) is 10.5. The molecule has 76 valence electrons. The topological polar surface area (TPSA) is 0 Å². The van der Waals surface area contributed by atoms with Gasteiger partial charge in [0.15, 0.2) is 0 Å². The number of alkyl halides is 1. The maximum atomic E-state index is 3.63. The van der Waals surface area contributed by atoms with Gasteiger partial charge in [0.25, 0.3) is 0 Å². The van der Waals surface area contributed by atoms with E-state index in [9.17, 15) is 0 Å². The number of halogens is 1. The SMILES string of the molecule is Cc1cc(C)cc(CC2(CBr)CC2)c1. The average molecular weight is 253 g/mol. The van der Waals surface area contributed by atoms with E-state index in [1.807, 2.05) is 0 Å². The molecule has 1 aliphatic rings. The average Bonchev–Trinajstić information content (AvgIpc) is 2.83. The Morgan fingerprint density at radius 1 is 1.14 bits per heavy atom. The molecule has 1 saturated carbocycles. The number of aryl methyl sites for hydroxylation is 2. The molecule has 1 fully saturated rings. The van der Waals surface area contributed by atoms with Crippen molar-refractivity contribution in [1.82, 2.24) is 0 Å². The van der Waals surface area contributed by atoms with Crippen molar-refractivity contribution >= 4 is 15.9 Å². The Balaban J connectivity index is 2.16. The van der Waals surface area contributed by atoms with Gasteiger partial charge in [-0.15, -0.1) is 0 Å². The van der Waals surface area contributed by atoms with Gasteiger partial charge in [-0.3, -0.25) is 0 Å². The summed E-state index contributed by atoms with van der Waals surface area (Å²) in [6.45, 7) is 4.37. The lowest BCUT2D eigenvalue weighted by Crippen LogP contribution is -2.06. The maximum absolute atomic E-state index is 3.63. The van der Waals surface area contributed by atoms with Crippen LogP contribution in [0.5, 0.6) is 0 Å². The molecule has 2 rings (SSSR count). The summed E-state index contributed by atoms with van der Waals surface area (Å²) in [4.78, 5) is 0. The standard InChI is InChI=1S/C13H17Br/c1-10-5-11(2)7-12(6-10)8-13(9-14)3-4-13/h5-7H,3-4,8-9H2,1-2H3. The van der Waals surface area contributed by atoms with Crippen LogP contribution in [-0.2, 0) is 6.42 Å². The van der Waals surface area contributed by atoms with Gasteiger partial charge < -0.3 is 0 Å². The third-order valence-electron chi connectivity index (χ3n) is 3.10. The quantitative estimate of drug-likeness (QED) is 0.714. The van der Waals surface area contributed by atoms with Crippen LogP contribution in [0.4, 0.5) is 0 Å². The number of benzene rings is 1. The second-order valence-corrected chi connectivity index (χ2v) is 5.37. The first-order chi connectivity index (χ1) is 6.63. The molecule has 0 N–H and O–H groups in total. The molecule has 1 heteroatoms. The zero-order valence-electron chi connectivity index (χ0n) is 8.94. The van der Waals surface area contributed by atoms with Gasteiger partial charge in [-0.2, -0.15) is 0 Å². The van der Waals surface area contributed by atoms with Gasteiger partial charge in [0.2, 0.25) is 0 Å². The van der Waals surface area contributed by atoms with Crippen LogP contribution in [0.15, 0.2) is 18.2 Å². The van der Waals surface area contributed by atoms with E-state index in [1.54, 1.807) is 0 Å². The molecule has 0 spiro atoms. The number of rotatable bonds is 3. The zero-order chi connectivity index (χ0) is 10.2. The lowest BCUT2D eigenvalue weighted by molar-refractivity contribution is 0.586. The maximum Gasteiger partial charge on any atom is 0.00911 e. The van der Waals surface area contributed by atoms with Gasteiger partial charge in [0.05, 0.1) is 0 Å². The van der Waals surface area contributed by atoms with E-state index < -0.39 is 0 Å². The second kappa shape index (κ2) is 3.69. The van der Waals surface area contributed by atoms with E-state index in [2.05, 4.69) is 48.0 Å². The summed E-state index contributed by atoms with van der Waals surface area (Å²) in [6, 6.07) is 6.91. The minimum atomic E-state index is 0.597. The van der Waals surface area contributed by atoms with E-state index in [-0.39, 0.29) is 0 Å². The van der Waals surface area contributed by atoms with Gasteiger partial charge in [0.1, 0.15) is 0 Å². The van der Waals surface area contributed by atoms with Crippen molar-refractivity contribution < 1.29 is 0 Å². The van der Waals surface area contributed by atoms with Crippen LogP contribution in [0.25, 0.3) is 0 Å². The van der Waals surface area contributed by atoms with Crippen LogP contribution in [-0.4, -0.2) is 5.33 Å². The fourth-order valence-electron chi connectivity index (χ4n) is 2.14. The first-order valence-electron chi connectivity index (χ1n) is 5.27. The molecule has 0 atom stereocenters. The van der Waals surface area contributed by atoms with Crippen LogP contribution < -0.4 is 0 Å². The summed E-state index contributed by atoms with van der Waals surface area (Å²) >= 11 is 3.63. The van der Waals surface area contributed by atoms with Crippen LogP contribution in [0.2, 0.25) is 0 Å². The molecular weight excluding hydrogens is 236 g/mol. The molecule has 0 aromatic heterocycles. The summed E-state index contributed by atoms with van der Waals surface area (Å²) in [5, 5.41) is 1.16. The molecule has 14 heavy (non-hydrogen) atoms. The summed E-state index contributed by atoms with van der Waals surface area (Å²) in [7, 11) is 0. The van der Waals surface area contributed by atoms with Crippen molar-refractivity contribution in [3.05, 3.63) is 34.9 Å². The first kappa shape index (κ1) is 10.2. The fraction of sp³-hybridized carbons (Fsp3) is 0.538. The van der Waals surface area contributed by atoms with Crippen LogP contribution in [0, 0.1) is 19.3 Å². The molecule has 1 aromatic carbocycles. The van der Waals surface area contributed by atoms with Gasteiger partial charge >= 0.3 is 0 Å². The third kappa shape index (κ3) is 2.20. The van der Waals surface area contributed by atoms with E-state index in [0.717, 1.165) is 5.33 Å². The molecule has 1 aliphatic carbocycles. The Morgan fingerprint density at radius 2 is 1.71 bits per heavy atom. The summed E-state index contributed by atoms with van der Waals surface area (Å²) in [5.74, 6) is 0. The van der Waals surface area contributed by atoms with Crippen molar-refractivity contribution in [3.8, 4) is 0 Å². The molecule has 0 amide bonds. The van der Waals surface area contributed by atoms with Crippen LogP contribution >= 0.6 is 15.9 Å². The monoisotopic (exact) mass is 252 g/mol. The minimum Gasteiger partial charge on any atom is -0.0922 e. The highest BCUT2D eigenvalue weighted by molar-refractivity contribution is 9.09. The Morgan fingerprint density at radius 3 is 2.14 bits per heavy atom. The molecule has 0 aliphatic heterocycles. The third-order valence-corrected chi connectivity index (χ3v) is 4.29. The van der Waals surface area contributed by atoms with Crippen molar-refractivity contribution in [2.75, 3.05) is 5.33 Å². The molecule has 1 aromatic rings. The molecule has 0 bridgehead atoms. The van der Waals surface area contributed by atoms with Gasteiger partial charge in [-0.1, -0.05) is 45.3 Å². The van der Waals surface area contributed by atoms with E-state index in [4.69, 9.17) is 0 Å². The lowest BCUT2D eigenvalue weighted by Gasteiger charge is -2.12. The second-order valence-electron chi connectivity index (χ2n) is 4.81. The number of hydrogen-bond donors (Lipinski definition) is 0.